The average molecular weight is 412 g/mol. The van der Waals surface area contributed by atoms with Gasteiger partial charge in [0.15, 0.2) is 10.9 Å². The summed E-state index contributed by atoms with van der Waals surface area (Å²) in [5, 5.41) is 9.52. The van der Waals surface area contributed by atoms with Gasteiger partial charge in [0.05, 0.1) is 0 Å². The van der Waals surface area contributed by atoms with E-state index in [1.54, 1.807) is 24.1 Å². The van der Waals surface area contributed by atoms with Gasteiger partial charge in [-0.05, 0) is 26.7 Å². The van der Waals surface area contributed by atoms with Crippen LogP contribution >= 0.6 is 11.3 Å². The molecule has 1 saturated carbocycles. The SMILES string of the molecule is Cc1noc(C)c1S(=O)(=O)N1CCN(C(=O)c2csc(NC3CC3)n2)CC1. The Morgan fingerprint density at radius 1 is 1.26 bits per heavy atom. The summed E-state index contributed by atoms with van der Waals surface area (Å²) in [7, 11) is -3.68. The molecule has 146 valence electrons. The van der Waals surface area contributed by atoms with Crippen molar-refractivity contribution in [2.75, 3.05) is 31.5 Å². The first kappa shape index (κ1) is 18.4. The highest BCUT2D eigenvalue weighted by molar-refractivity contribution is 7.89. The van der Waals surface area contributed by atoms with E-state index in [0.29, 0.717) is 30.5 Å². The summed E-state index contributed by atoms with van der Waals surface area (Å²) in [6.07, 6.45) is 2.29. The molecule has 0 atom stereocenters. The van der Waals surface area contributed by atoms with Crippen LogP contribution in [0, 0.1) is 13.8 Å². The Hall–Kier alpha value is -1.98. The topological polar surface area (TPSA) is 109 Å². The van der Waals surface area contributed by atoms with E-state index in [4.69, 9.17) is 4.52 Å². The Labute approximate surface area is 161 Å². The van der Waals surface area contributed by atoms with Gasteiger partial charge in [0.2, 0.25) is 10.0 Å². The van der Waals surface area contributed by atoms with Crippen molar-refractivity contribution in [2.24, 2.45) is 0 Å². The van der Waals surface area contributed by atoms with Crippen LogP contribution in [-0.2, 0) is 10.0 Å². The maximum absolute atomic E-state index is 12.9. The second-order valence-corrected chi connectivity index (χ2v) is 9.54. The van der Waals surface area contributed by atoms with Crippen LogP contribution in [-0.4, -0.2) is 65.9 Å². The minimum Gasteiger partial charge on any atom is -0.360 e. The van der Waals surface area contributed by atoms with E-state index in [2.05, 4.69) is 15.5 Å². The summed E-state index contributed by atoms with van der Waals surface area (Å²) < 4.78 is 32.1. The minimum absolute atomic E-state index is 0.123. The molecular formula is C16H21N5O4S2. The molecule has 2 aliphatic rings. The van der Waals surface area contributed by atoms with Crippen LogP contribution in [0.5, 0.6) is 0 Å². The number of thiazole rings is 1. The molecule has 0 unspecified atom stereocenters. The largest absolute Gasteiger partial charge is 0.360 e. The Morgan fingerprint density at radius 2 is 1.96 bits per heavy atom. The Morgan fingerprint density at radius 3 is 2.56 bits per heavy atom. The maximum Gasteiger partial charge on any atom is 0.273 e. The lowest BCUT2D eigenvalue weighted by Gasteiger charge is -2.33. The third-order valence-corrected chi connectivity index (χ3v) is 7.64. The van der Waals surface area contributed by atoms with Crippen LogP contribution in [0.15, 0.2) is 14.8 Å². The quantitative estimate of drug-likeness (QED) is 0.793. The summed E-state index contributed by atoms with van der Waals surface area (Å²) in [6.45, 7) is 4.31. The third kappa shape index (κ3) is 3.58. The molecule has 1 aliphatic heterocycles. The molecule has 0 aromatic carbocycles. The van der Waals surface area contributed by atoms with Gasteiger partial charge in [-0.2, -0.15) is 4.31 Å². The zero-order valence-corrected chi connectivity index (χ0v) is 16.8. The van der Waals surface area contributed by atoms with E-state index in [1.807, 2.05) is 0 Å². The van der Waals surface area contributed by atoms with Crippen molar-refractivity contribution in [3.8, 4) is 0 Å². The van der Waals surface area contributed by atoms with Crippen LogP contribution in [0.3, 0.4) is 0 Å². The van der Waals surface area contributed by atoms with Crippen molar-refractivity contribution < 1.29 is 17.7 Å². The Balaban J connectivity index is 1.41. The van der Waals surface area contributed by atoms with Crippen LogP contribution < -0.4 is 5.32 Å². The molecule has 3 heterocycles. The number of anilines is 1. The van der Waals surface area contributed by atoms with Gasteiger partial charge in [-0.3, -0.25) is 4.79 Å². The molecule has 2 aromatic rings. The van der Waals surface area contributed by atoms with Crippen molar-refractivity contribution in [3.05, 3.63) is 22.5 Å². The van der Waals surface area contributed by atoms with E-state index >= 15 is 0 Å². The molecular weight excluding hydrogens is 390 g/mol. The molecule has 4 rings (SSSR count). The number of nitrogens with zero attached hydrogens (tertiary/aromatic N) is 4. The molecule has 1 amide bonds. The number of nitrogens with one attached hydrogen (secondary N) is 1. The number of sulfonamides is 1. The van der Waals surface area contributed by atoms with Gasteiger partial charge in [0.25, 0.3) is 5.91 Å². The summed E-state index contributed by atoms with van der Waals surface area (Å²) >= 11 is 1.42. The fourth-order valence-electron chi connectivity index (χ4n) is 3.11. The van der Waals surface area contributed by atoms with E-state index in [0.717, 1.165) is 18.0 Å². The standard InChI is InChI=1S/C16H21N5O4S2/c1-10-14(11(2)25-19-10)27(23,24)21-7-5-20(6-8-21)15(22)13-9-26-16(18-13)17-12-3-4-12/h9,12H,3-8H2,1-2H3,(H,17,18). The predicted molar refractivity (Wildman–Crippen MR) is 99.4 cm³/mol. The normalized spacial score (nSPS) is 18.7. The molecule has 9 nitrogen and oxygen atoms in total. The first-order chi connectivity index (χ1) is 12.9. The Bertz CT molecular complexity index is 936. The molecule has 1 N–H and O–H groups in total. The average Bonchev–Trinajstić information content (AvgIpc) is 3.22. The number of carbonyl (C=O) groups is 1. The molecule has 1 saturated heterocycles. The van der Waals surface area contributed by atoms with Gasteiger partial charge in [0.1, 0.15) is 16.3 Å². The van der Waals surface area contributed by atoms with E-state index < -0.39 is 10.0 Å². The van der Waals surface area contributed by atoms with Crippen molar-refractivity contribution in [1.29, 1.82) is 0 Å². The van der Waals surface area contributed by atoms with Crippen molar-refractivity contribution in [1.82, 2.24) is 19.3 Å². The van der Waals surface area contributed by atoms with Gasteiger partial charge >= 0.3 is 0 Å². The van der Waals surface area contributed by atoms with E-state index in [9.17, 15) is 13.2 Å². The minimum atomic E-state index is -3.68. The Kier molecular flexibility index (Phi) is 4.68. The summed E-state index contributed by atoms with van der Waals surface area (Å²) in [5.41, 5.74) is 0.759. The van der Waals surface area contributed by atoms with Gasteiger partial charge in [-0.1, -0.05) is 5.16 Å². The van der Waals surface area contributed by atoms with Crippen molar-refractivity contribution in [3.63, 3.8) is 0 Å². The number of carbonyl (C=O) groups excluding carboxylic acids is 1. The lowest BCUT2D eigenvalue weighted by molar-refractivity contribution is 0.0693. The number of amides is 1. The number of hydrogen-bond acceptors (Lipinski definition) is 8. The zero-order chi connectivity index (χ0) is 19.2. The first-order valence-corrected chi connectivity index (χ1v) is 11.1. The summed E-state index contributed by atoms with van der Waals surface area (Å²) in [6, 6.07) is 0.483. The molecule has 1 aliphatic carbocycles. The van der Waals surface area contributed by atoms with E-state index in [1.165, 1.54) is 15.6 Å². The smallest absolute Gasteiger partial charge is 0.273 e. The molecule has 0 bridgehead atoms. The number of aromatic nitrogens is 2. The second-order valence-electron chi connectivity index (χ2n) is 6.81. The van der Waals surface area contributed by atoms with E-state index in [-0.39, 0.29) is 29.7 Å². The molecule has 11 heteroatoms. The van der Waals surface area contributed by atoms with Crippen molar-refractivity contribution >= 4 is 32.4 Å². The molecule has 2 aromatic heterocycles. The molecule has 0 spiro atoms. The molecule has 2 fully saturated rings. The van der Waals surface area contributed by atoms with Crippen LogP contribution in [0.1, 0.15) is 34.8 Å². The highest BCUT2D eigenvalue weighted by atomic mass is 32.2. The van der Waals surface area contributed by atoms with Crippen LogP contribution in [0.4, 0.5) is 5.13 Å². The third-order valence-electron chi connectivity index (χ3n) is 4.72. The van der Waals surface area contributed by atoms with Crippen molar-refractivity contribution in [2.45, 2.75) is 37.6 Å². The molecule has 27 heavy (non-hydrogen) atoms. The first-order valence-electron chi connectivity index (χ1n) is 8.80. The number of piperazine rings is 1. The highest BCUT2D eigenvalue weighted by Crippen LogP contribution is 2.27. The maximum atomic E-state index is 12.9. The predicted octanol–water partition coefficient (Wildman–Crippen LogP) is 1.47. The zero-order valence-electron chi connectivity index (χ0n) is 15.1. The van der Waals surface area contributed by atoms with Gasteiger partial charge in [-0.25, -0.2) is 13.4 Å². The van der Waals surface area contributed by atoms with Gasteiger partial charge in [-0.15, -0.1) is 11.3 Å². The lowest BCUT2D eigenvalue weighted by Crippen LogP contribution is -2.50. The highest BCUT2D eigenvalue weighted by Gasteiger charge is 2.34. The van der Waals surface area contributed by atoms with Crippen LogP contribution in [0.25, 0.3) is 0 Å². The van der Waals surface area contributed by atoms with Crippen LogP contribution in [0.2, 0.25) is 0 Å². The summed E-state index contributed by atoms with van der Waals surface area (Å²) in [4.78, 5) is 18.8. The monoisotopic (exact) mass is 411 g/mol. The number of hydrogen-bond donors (Lipinski definition) is 1. The number of rotatable bonds is 5. The fourth-order valence-corrected chi connectivity index (χ4v) is 5.58. The fraction of sp³-hybridized carbons (Fsp3) is 0.562. The molecule has 0 radical (unpaired) electrons. The lowest BCUT2D eigenvalue weighted by atomic mass is 10.3. The van der Waals surface area contributed by atoms with Gasteiger partial charge in [0, 0.05) is 37.6 Å². The van der Waals surface area contributed by atoms with Gasteiger partial charge < -0.3 is 14.7 Å². The summed E-state index contributed by atoms with van der Waals surface area (Å²) in [5.74, 6) is 0.119. The second kappa shape index (κ2) is 6.88. The number of aryl methyl sites for hydroxylation is 2.